The maximum absolute atomic E-state index is 12.9. The van der Waals surface area contributed by atoms with Gasteiger partial charge in [-0.2, -0.15) is 13.2 Å². The molecule has 2 rings (SSSR count). The molecule has 0 saturated carbocycles. The van der Waals surface area contributed by atoms with Crippen LogP contribution in [0.4, 0.5) is 24.7 Å². The maximum atomic E-state index is 12.9. The van der Waals surface area contributed by atoms with Crippen LogP contribution in [0.5, 0.6) is 0 Å². The number of aliphatic carboxylic acids is 1. The van der Waals surface area contributed by atoms with Crippen LogP contribution in [0.25, 0.3) is 0 Å². The Bertz CT molecular complexity index is 840. The van der Waals surface area contributed by atoms with Crippen LogP contribution in [0.15, 0.2) is 42.6 Å². The van der Waals surface area contributed by atoms with Crippen molar-refractivity contribution < 1.29 is 27.9 Å². The van der Waals surface area contributed by atoms with Crippen molar-refractivity contribution in [1.82, 2.24) is 9.88 Å². The molecule has 0 aliphatic rings. The minimum absolute atomic E-state index is 0.0218. The number of alkyl halides is 3. The summed E-state index contributed by atoms with van der Waals surface area (Å²) < 4.78 is 38.6. The van der Waals surface area contributed by atoms with Gasteiger partial charge in [-0.05, 0) is 30.3 Å². The molecule has 0 aliphatic carbocycles. The molecule has 1 amide bonds. The second-order valence-electron chi connectivity index (χ2n) is 6.03. The molecular weight excluding hydrogens is 363 g/mol. The van der Waals surface area contributed by atoms with E-state index >= 15 is 0 Å². The third-order valence-corrected chi connectivity index (χ3v) is 3.81. The summed E-state index contributed by atoms with van der Waals surface area (Å²) in [6, 6.07) is 7.51. The van der Waals surface area contributed by atoms with E-state index in [-0.39, 0.29) is 23.6 Å². The van der Waals surface area contributed by atoms with Gasteiger partial charge in [-0.25, -0.2) is 4.98 Å². The summed E-state index contributed by atoms with van der Waals surface area (Å²) in [5, 5.41) is 11.7. The van der Waals surface area contributed by atoms with Gasteiger partial charge < -0.3 is 15.3 Å². The van der Waals surface area contributed by atoms with Crippen molar-refractivity contribution in [2.75, 3.05) is 18.9 Å². The normalized spacial score (nSPS) is 12.3. The van der Waals surface area contributed by atoms with E-state index in [0.717, 1.165) is 12.1 Å². The third-order valence-electron chi connectivity index (χ3n) is 3.81. The SMILES string of the molecule is CC(CN(C)C(=O)c1cccnc1Nc1cccc(C(F)(F)F)c1)C(=O)O. The fraction of sp³-hybridized carbons (Fsp3) is 0.278. The standard InChI is InChI=1S/C18H18F3N3O3/c1-11(17(26)27)10-24(2)16(25)14-7-4-8-22-15(14)23-13-6-3-5-12(9-13)18(19,20)21/h3-9,11H,10H2,1-2H3,(H,22,23)(H,26,27). The molecule has 9 heteroatoms. The minimum Gasteiger partial charge on any atom is -0.481 e. The number of amides is 1. The number of pyridine rings is 1. The molecule has 27 heavy (non-hydrogen) atoms. The second kappa shape index (κ2) is 8.07. The van der Waals surface area contributed by atoms with E-state index < -0.39 is 29.5 Å². The number of anilines is 2. The van der Waals surface area contributed by atoms with Crippen LogP contribution in [-0.2, 0) is 11.0 Å². The lowest BCUT2D eigenvalue weighted by atomic mass is 10.1. The van der Waals surface area contributed by atoms with Crippen LogP contribution < -0.4 is 5.32 Å². The van der Waals surface area contributed by atoms with Gasteiger partial charge in [-0.1, -0.05) is 13.0 Å². The maximum Gasteiger partial charge on any atom is 0.416 e. The van der Waals surface area contributed by atoms with Gasteiger partial charge in [0.2, 0.25) is 0 Å². The van der Waals surface area contributed by atoms with Gasteiger partial charge in [0.05, 0.1) is 17.0 Å². The molecule has 144 valence electrons. The Morgan fingerprint density at radius 3 is 2.59 bits per heavy atom. The molecule has 2 aromatic rings. The van der Waals surface area contributed by atoms with E-state index in [9.17, 15) is 22.8 Å². The minimum atomic E-state index is -4.49. The number of benzene rings is 1. The monoisotopic (exact) mass is 381 g/mol. The van der Waals surface area contributed by atoms with E-state index in [2.05, 4.69) is 10.3 Å². The zero-order chi connectivity index (χ0) is 20.2. The number of hydrogen-bond donors (Lipinski definition) is 2. The lowest BCUT2D eigenvalue weighted by molar-refractivity contribution is -0.141. The summed E-state index contributed by atoms with van der Waals surface area (Å²) in [7, 11) is 1.45. The van der Waals surface area contributed by atoms with Gasteiger partial charge in [0.1, 0.15) is 5.82 Å². The number of rotatable bonds is 6. The first-order valence-corrected chi connectivity index (χ1v) is 7.97. The summed E-state index contributed by atoms with van der Waals surface area (Å²) in [5.74, 6) is -2.22. The van der Waals surface area contributed by atoms with Gasteiger partial charge in [-0.15, -0.1) is 0 Å². The Morgan fingerprint density at radius 2 is 1.96 bits per heavy atom. The highest BCUT2D eigenvalue weighted by Crippen LogP contribution is 2.31. The van der Waals surface area contributed by atoms with Crippen molar-refractivity contribution in [2.24, 2.45) is 5.92 Å². The molecule has 1 atom stereocenters. The van der Waals surface area contributed by atoms with Gasteiger partial charge in [0, 0.05) is 25.5 Å². The van der Waals surface area contributed by atoms with E-state index in [0.29, 0.717) is 0 Å². The fourth-order valence-corrected chi connectivity index (χ4v) is 2.36. The molecule has 1 heterocycles. The van der Waals surface area contributed by atoms with Crippen LogP contribution >= 0.6 is 0 Å². The first kappa shape index (κ1) is 20.2. The van der Waals surface area contributed by atoms with Crippen LogP contribution in [0, 0.1) is 5.92 Å². The van der Waals surface area contributed by atoms with Crippen molar-refractivity contribution in [1.29, 1.82) is 0 Å². The molecule has 1 unspecified atom stereocenters. The lowest BCUT2D eigenvalue weighted by Gasteiger charge is -2.21. The number of carbonyl (C=O) groups is 2. The summed E-state index contributed by atoms with van der Waals surface area (Å²) in [6.45, 7) is 1.45. The predicted octanol–water partition coefficient (Wildman–Crippen LogP) is 3.64. The molecule has 6 nitrogen and oxygen atoms in total. The largest absolute Gasteiger partial charge is 0.481 e. The van der Waals surface area contributed by atoms with Crippen molar-refractivity contribution in [3.8, 4) is 0 Å². The van der Waals surface area contributed by atoms with Crippen molar-refractivity contribution in [2.45, 2.75) is 13.1 Å². The summed E-state index contributed by atoms with van der Waals surface area (Å²) in [5.41, 5.74) is -0.585. The van der Waals surface area contributed by atoms with Gasteiger partial charge in [0.15, 0.2) is 0 Å². The summed E-state index contributed by atoms with van der Waals surface area (Å²) >= 11 is 0. The Hall–Kier alpha value is -3.10. The predicted molar refractivity (Wildman–Crippen MR) is 92.7 cm³/mol. The van der Waals surface area contributed by atoms with E-state index in [1.807, 2.05) is 0 Å². The van der Waals surface area contributed by atoms with Gasteiger partial charge in [-0.3, -0.25) is 9.59 Å². The Morgan fingerprint density at radius 1 is 1.26 bits per heavy atom. The quantitative estimate of drug-likeness (QED) is 0.798. The number of halogens is 3. The van der Waals surface area contributed by atoms with E-state index in [1.54, 1.807) is 0 Å². The molecule has 1 aromatic carbocycles. The molecule has 0 bridgehead atoms. The van der Waals surface area contributed by atoms with Crippen LogP contribution in [0.3, 0.4) is 0 Å². The molecule has 0 spiro atoms. The molecule has 0 saturated heterocycles. The fourth-order valence-electron chi connectivity index (χ4n) is 2.36. The van der Waals surface area contributed by atoms with Crippen molar-refractivity contribution in [3.05, 3.63) is 53.7 Å². The second-order valence-corrected chi connectivity index (χ2v) is 6.03. The molecule has 1 aromatic heterocycles. The molecule has 2 N–H and O–H groups in total. The number of carboxylic acids is 1. The number of carbonyl (C=O) groups excluding carboxylic acids is 1. The first-order chi connectivity index (χ1) is 12.6. The molecule has 0 fully saturated rings. The van der Waals surface area contributed by atoms with Gasteiger partial charge >= 0.3 is 12.1 Å². The lowest BCUT2D eigenvalue weighted by Crippen LogP contribution is -2.34. The Labute approximate surface area is 153 Å². The zero-order valence-corrected chi connectivity index (χ0v) is 14.6. The zero-order valence-electron chi connectivity index (χ0n) is 14.6. The van der Waals surface area contributed by atoms with Crippen molar-refractivity contribution in [3.63, 3.8) is 0 Å². The molecule has 0 radical (unpaired) electrons. The van der Waals surface area contributed by atoms with E-state index in [4.69, 9.17) is 5.11 Å². The van der Waals surface area contributed by atoms with Crippen LogP contribution in [-0.4, -0.2) is 40.5 Å². The number of aromatic nitrogens is 1. The molecule has 0 aliphatic heterocycles. The summed E-state index contributed by atoms with van der Waals surface area (Å²) in [4.78, 5) is 28.8. The van der Waals surface area contributed by atoms with Crippen LogP contribution in [0.2, 0.25) is 0 Å². The van der Waals surface area contributed by atoms with E-state index in [1.165, 1.54) is 49.3 Å². The highest BCUT2D eigenvalue weighted by atomic mass is 19.4. The average Bonchev–Trinajstić information content (AvgIpc) is 2.61. The topological polar surface area (TPSA) is 82.5 Å². The summed E-state index contributed by atoms with van der Waals surface area (Å²) in [6.07, 6.45) is -3.10. The molecular formula is C18H18F3N3O3. The first-order valence-electron chi connectivity index (χ1n) is 7.97. The highest BCUT2D eigenvalue weighted by Gasteiger charge is 2.30. The average molecular weight is 381 g/mol. The smallest absolute Gasteiger partial charge is 0.416 e. The highest BCUT2D eigenvalue weighted by molar-refractivity contribution is 5.99. The number of carboxylic acid groups (broad SMARTS) is 1. The third kappa shape index (κ3) is 5.19. The Kier molecular flexibility index (Phi) is 6.04. The van der Waals surface area contributed by atoms with Gasteiger partial charge in [0.25, 0.3) is 5.91 Å². The number of nitrogens with zero attached hydrogens (tertiary/aromatic N) is 2. The van der Waals surface area contributed by atoms with Crippen LogP contribution in [0.1, 0.15) is 22.8 Å². The Balaban J connectivity index is 2.26. The van der Waals surface area contributed by atoms with Crippen molar-refractivity contribution >= 4 is 23.4 Å². The number of hydrogen-bond acceptors (Lipinski definition) is 4. The number of nitrogens with one attached hydrogen (secondary N) is 1.